The van der Waals surface area contributed by atoms with Gasteiger partial charge in [-0.1, -0.05) is 0 Å². The Morgan fingerprint density at radius 2 is 2.22 bits per heavy atom. The van der Waals surface area contributed by atoms with Crippen molar-refractivity contribution in [3.8, 4) is 0 Å². The molecule has 1 nitrogen and oxygen atoms in total. The summed E-state index contributed by atoms with van der Waals surface area (Å²) in [6.45, 7) is 4.16. The highest BCUT2D eigenvalue weighted by Crippen LogP contribution is 2.13. The second-order valence-corrected chi connectivity index (χ2v) is 2.55. The predicted octanol–water partition coefficient (Wildman–Crippen LogP) is 2.06. The molecular formula is C7H11NS. The minimum atomic E-state index is 0.834. The van der Waals surface area contributed by atoms with Gasteiger partial charge in [-0.3, -0.25) is 0 Å². The molecule has 0 saturated heterocycles. The van der Waals surface area contributed by atoms with Crippen LogP contribution in [0.4, 0.5) is 0 Å². The van der Waals surface area contributed by atoms with Crippen LogP contribution in [0.15, 0.2) is 6.20 Å². The number of aryl methyl sites for hydroxylation is 2. The molecule has 0 saturated carbocycles. The summed E-state index contributed by atoms with van der Waals surface area (Å²) in [5, 5.41) is 0. The Balaban J connectivity index is 3.07. The predicted molar refractivity (Wildman–Crippen MR) is 43.0 cm³/mol. The highest BCUT2D eigenvalue weighted by Gasteiger charge is 1.99. The number of rotatable bonds is 1. The van der Waals surface area contributed by atoms with Gasteiger partial charge in [0.05, 0.1) is 0 Å². The van der Waals surface area contributed by atoms with Gasteiger partial charge in [0.15, 0.2) is 0 Å². The molecule has 0 aliphatic heterocycles. The summed E-state index contributed by atoms with van der Waals surface area (Å²) in [4.78, 5) is 3.14. The minimum absolute atomic E-state index is 0.834. The van der Waals surface area contributed by atoms with Crippen molar-refractivity contribution >= 4 is 12.6 Å². The van der Waals surface area contributed by atoms with E-state index in [9.17, 15) is 0 Å². The Labute approximate surface area is 60.9 Å². The summed E-state index contributed by atoms with van der Waals surface area (Å²) in [5.41, 5.74) is 3.88. The smallest absolute Gasteiger partial charge is 0.0174 e. The van der Waals surface area contributed by atoms with Crippen molar-refractivity contribution in [2.45, 2.75) is 19.6 Å². The van der Waals surface area contributed by atoms with Crippen LogP contribution >= 0.6 is 12.6 Å². The number of nitrogens with one attached hydrogen (secondary N) is 1. The van der Waals surface area contributed by atoms with E-state index in [0.717, 1.165) is 5.75 Å². The molecule has 50 valence electrons. The first-order valence-electron chi connectivity index (χ1n) is 3.00. The summed E-state index contributed by atoms with van der Waals surface area (Å²) in [6.07, 6.45) is 2.01. The second-order valence-electron chi connectivity index (χ2n) is 2.23. The molecule has 0 radical (unpaired) electrons. The van der Waals surface area contributed by atoms with Crippen LogP contribution in [0.3, 0.4) is 0 Å². The number of H-pyrrole nitrogens is 1. The zero-order chi connectivity index (χ0) is 6.85. The third-order valence-corrected chi connectivity index (χ3v) is 1.91. The van der Waals surface area contributed by atoms with E-state index in [0.29, 0.717) is 0 Å². The van der Waals surface area contributed by atoms with Gasteiger partial charge in [-0.15, -0.1) is 0 Å². The van der Waals surface area contributed by atoms with Crippen LogP contribution in [-0.4, -0.2) is 4.98 Å². The van der Waals surface area contributed by atoms with E-state index in [1.165, 1.54) is 16.8 Å². The van der Waals surface area contributed by atoms with E-state index < -0.39 is 0 Å². The van der Waals surface area contributed by atoms with E-state index in [1.807, 2.05) is 6.20 Å². The Bertz CT molecular complexity index is 183. The first-order chi connectivity index (χ1) is 4.25. The molecular weight excluding hydrogens is 130 g/mol. The molecule has 1 aromatic heterocycles. The molecule has 0 atom stereocenters. The van der Waals surface area contributed by atoms with Crippen LogP contribution in [0, 0.1) is 13.8 Å². The Kier molecular flexibility index (Phi) is 1.86. The lowest BCUT2D eigenvalue weighted by Gasteiger charge is -1.93. The van der Waals surface area contributed by atoms with E-state index >= 15 is 0 Å². The van der Waals surface area contributed by atoms with Gasteiger partial charge < -0.3 is 4.98 Å². The lowest BCUT2D eigenvalue weighted by molar-refractivity contribution is 1.22. The SMILES string of the molecule is Cc1c[nH]c(C)c1CS. The third kappa shape index (κ3) is 1.13. The van der Waals surface area contributed by atoms with E-state index in [-0.39, 0.29) is 0 Å². The van der Waals surface area contributed by atoms with Crippen LogP contribution in [0.1, 0.15) is 16.8 Å². The molecule has 2 heteroatoms. The fraction of sp³-hybridized carbons (Fsp3) is 0.429. The molecule has 0 amide bonds. The molecule has 0 bridgehead atoms. The van der Waals surface area contributed by atoms with Crippen molar-refractivity contribution in [2.75, 3.05) is 0 Å². The van der Waals surface area contributed by atoms with E-state index in [4.69, 9.17) is 0 Å². The molecule has 0 aromatic carbocycles. The average Bonchev–Trinajstić information content (AvgIpc) is 2.12. The van der Waals surface area contributed by atoms with Gasteiger partial charge in [0, 0.05) is 17.6 Å². The lowest BCUT2D eigenvalue weighted by Crippen LogP contribution is -1.80. The van der Waals surface area contributed by atoms with Crippen LogP contribution in [-0.2, 0) is 5.75 Å². The molecule has 1 aromatic rings. The molecule has 1 heterocycles. The maximum atomic E-state index is 4.20. The highest BCUT2D eigenvalue weighted by atomic mass is 32.1. The van der Waals surface area contributed by atoms with Crippen molar-refractivity contribution < 1.29 is 0 Å². The van der Waals surface area contributed by atoms with Crippen molar-refractivity contribution in [1.82, 2.24) is 4.98 Å². The van der Waals surface area contributed by atoms with Crippen molar-refractivity contribution in [3.05, 3.63) is 23.0 Å². The molecule has 1 N–H and O–H groups in total. The van der Waals surface area contributed by atoms with E-state index in [1.54, 1.807) is 0 Å². The Morgan fingerprint density at radius 1 is 1.56 bits per heavy atom. The fourth-order valence-electron chi connectivity index (χ4n) is 0.930. The molecule has 9 heavy (non-hydrogen) atoms. The number of aromatic nitrogens is 1. The summed E-state index contributed by atoms with van der Waals surface area (Å²) in [6, 6.07) is 0. The summed E-state index contributed by atoms with van der Waals surface area (Å²) < 4.78 is 0. The van der Waals surface area contributed by atoms with Crippen LogP contribution in [0.25, 0.3) is 0 Å². The maximum absolute atomic E-state index is 4.20. The first-order valence-corrected chi connectivity index (χ1v) is 3.63. The van der Waals surface area contributed by atoms with Gasteiger partial charge in [0.25, 0.3) is 0 Å². The molecule has 0 unspecified atom stereocenters. The number of aromatic amines is 1. The summed E-state index contributed by atoms with van der Waals surface area (Å²) in [5.74, 6) is 0.834. The van der Waals surface area contributed by atoms with Crippen LogP contribution in [0.2, 0.25) is 0 Å². The summed E-state index contributed by atoms with van der Waals surface area (Å²) >= 11 is 4.20. The van der Waals surface area contributed by atoms with Gasteiger partial charge in [-0.2, -0.15) is 12.6 Å². The highest BCUT2D eigenvalue weighted by molar-refractivity contribution is 7.79. The molecule has 0 spiro atoms. The zero-order valence-electron chi connectivity index (χ0n) is 5.73. The molecule has 0 aliphatic carbocycles. The zero-order valence-corrected chi connectivity index (χ0v) is 6.63. The monoisotopic (exact) mass is 141 g/mol. The van der Waals surface area contributed by atoms with Crippen LogP contribution in [0.5, 0.6) is 0 Å². The standard InChI is InChI=1S/C7H11NS/c1-5-3-8-6(2)7(5)4-9/h3,8-9H,4H2,1-2H3. The second kappa shape index (κ2) is 2.48. The van der Waals surface area contributed by atoms with Crippen molar-refractivity contribution in [3.63, 3.8) is 0 Å². The minimum Gasteiger partial charge on any atom is -0.365 e. The largest absolute Gasteiger partial charge is 0.365 e. The van der Waals surface area contributed by atoms with Gasteiger partial charge in [-0.25, -0.2) is 0 Å². The van der Waals surface area contributed by atoms with Gasteiger partial charge in [-0.05, 0) is 25.0 Å². The molecule has 0 fully saturated rings. The topological polar surface area (TPSA) is 15.8 Å². The maximum Gasteiger partial charge on any atom is 0.0174 e. The van der Waals surface area contributed by atoms with Gasteiger partial charge >= 0.3 is 0 Å². The number of thiol groups is 1. The average molecular weight is 141 g/mol. The van der Waals surface area contributed by atoms with E-state index in [2.05, 4.69) is 31.5 Å². The van der Waals surface area contributed by atoms with Crippen molar-refractivity contribution in [1.29, 1.82) is 0 Å². The van der Waals surface area contributed by atoms with Crippen LogP contribution < -0.4 is 0 Å². The molecule has 1 rings (SSSR count). The fourth-order valence-corrected chi connectivity index (χ4v) is 1.42. The first kappa shape index (κ1) is 6.75. The summed E-state index contributed by atoms with van der Waals surface area (Å²) in [7, 11) is 0. The van der Waals surface area contributed by atoms with Gasteiger partial charge in [0.2, 0.25) is 0 Å². The number of hydrogen-bond donors (Lipinski definition) is 2. The molecule has 0 aliphatic rings. The normalized spacial score (nSPS) is 10.1. The Morgan fingerprint density at radius 3 is 2.44 bits per heavy atom. The Hall–Kier alpha value is -0.370. The quantitative estimate of drug-likeness (QED) is 0.557. The van der Waals surface area contributed by atoms with Crippen molar-refractivity contribution in [2.24, 2.45) is 0 Å². The lowest BCUT2D eigenvalue weighted by atomic mass is 10.2. The number of hydrogen-bond acceptors (Lipinski definition) is 1. The third-order valence-electron chi connectivity index (χ3n) is 1.59. The van der Waals surface area contributed by atoms with Gasteiger partial charge in [0.1, 0.15) is 0 Å².